The van der Waals surface area contributed by atoms with Gasteiger partial charge in [-0.25, -0.2) is 4.79 Å². The standard InChI is InChI=1S/C31H36N2O2/c1-30(2,3)23-35-29(34)33-27-19-20-28(33)22-32(21-27)31(24-13-7-4-8-14-24,25-15-9-5-10-16-25)26-17-11-6-12-18-26/h4-18,27-28H,19-23H2,1-3H3. The van der Waals surface area contributed by atoms with Gasteiger partial charge < -0.3 is 4.74 Å². The summed E-state index contributed by atoms with van der Waals surface area (Å²) < 4.78 is 5.77. The van der Waals surface area contributed by atoms with Gasteiger partial charge in [0.15, 0.2) is 0 Å². The average molecular weight is 469 g/mol. The quantitative estimate of drug-likeness (QED) is 0.411. The molecule has 4 nitrogen and oxygen atoms in total. The van der Waals surface area contributed by atoms with Gasteiger partial charge in [-0.1, -0.05) is 112 Å². The fraction of sp³-hybridized carbons (Fsp3) is 0.387. The second-order valence-corrected chi connectivity index (χ2v) is 11.1. The Morgan fingerprint density at radius 1 is 0.743 bits per heavy atom. The molecule has 0 N–H and O–H groups in total. The minimum Gasteiger partial charge on any atom is -0.449 e. The van der Waals surface area contributed by atoms with Crippen LogP contribution in [0.3, 0.4) is 0 Å². The van der Waals surface area contributed by atoms with Crippen molar-refractivity contribution in [2.45, 2.75) is 51.2 Å². The first kappa shape index (κ1) is 23.6. The molecule has 2 aliphatic rings. The largest absolute Gasteiger partial charge is 0.449 e. The number of nitrogens with zero attached hydrogens (tertiary/aromatic N) is 2. The number of hydrogen-bond donors (Lipinski definition) is 0. The van der Waals surface area contributed by atoms with E-state index < -0.39 is 5.54 Å². The van der Waals surface area contributed by atoms with E-state index in [-0.39, 0.29) is 23.6 Å². The molecular formula is C31H36N2O2. The summed E-state index contributed by atoms with van der Waals surface area (Å²) in [5.74, 6) is 0. The third kappa shape index (κ3) is 4.48. The molecule has 3 aromatic rings. The third-order valence-corrected chi connectivity index (χ3v) is 7.37. The molecule has 0 aromatic heterocycles. The zero-order chi connectivity index (χ0) is 24.5. The van der Waals surface area contributed by atoms with Crippen molar-refractivity contribution in [2.75, 3.05) is 19.7 Å². The maximum atomic E-state index is 13.2. The van der Waals surface area contributed by atoms with E-state index in [4.69, 9.17) is 4.74 Å². The average Bonchev–Trinajstić information content (AvgIpc) is 3.14. The molecule has 0 saturated carbocycles. The minimum atomic E-state index is -0.438. The van der Waals surface area contributed by atoms with E-state index in [1.54, 1.807) is 0 Å². The van der Waals surface area contributed by atoms with Crippen LogP contribution in [0.15, 0.2) is 91.0 Å². The van der Waals surface area contributed by atoms with Gasteiger partial charge in [-0.05, 0) is 34.9 Å². The van der Waals surface area contributed by atoms with Crippen LogP contribution in [0.1, 0.15) is 50.3 Å². The highest BCUT2D eigenvalue weighted by atomic mass is 16.6. The van der Waals surface area contributed by atoms with Gasteiger partial charge in [0.25, 0.3) is 0 Å². The van der Waals surface area contributed by atoms with Crippen LogP contribution in [0.25, 0.3) is 0 Å². The molecular weight excluding hydrogens is 432 g/mol. The molecule has 1 amide bonds. The SMILES string of the molecule is CC(C)(C)COC(=O)N1C2CCC1CN(C(c1ccccc1)(c1ccccc1)c1ccccc1)C2. The van der Waals surface area contributed by atoms with Gasteiger partial charge in [0.05, 0.1) is 12.1 Å². The van der Waals surface area contributed by atoms with Crippen molar-refractivity contribution in [1.29, 1.82) is 0 Å². The predicted molar refractivity (Wildman–Crippen MR) is 140 cm³/mol. The van der Waals surface area contributed by atoms with Gasteiger partial charge in [-0.15, -0.1) is 0 Å². The molecule has 4 heteroatoms. The molecule has 2 bridgehead atoms. The second-order valence-electron chi connectivity index (χ2n) is 11.1. The monoisotopic (exact) mass is 468 g/mol. The van der Waals surface area contributed by atoms with Gasteiger partial charge in [0.2, 0.25) is 0 Å². The number of piperazine rings is 1. The number of hydrogen-bond acceptors (Lipinski definition) is 3. The summed E-state index contributed by atoms with van der Waals surface area (Å²) in [6.07, 6.45) is 1.87. The fourth-order valence-electron chi connectivity index (χ4n) is 5.91. The normalized spacial score (nSPS) is 20.6. The number of likely N-dealkylation sites (tertiary alicyclic amines) is 1. The zero-order valence-electron chi connectivity index (χ0n) is 21.1. The number of amides is 1. The molecule has 2 saturated heterocycles. The Labute approximate surface area is 209 Å². The van der Waals surface area contributed by atoms with Gasteiger partial charge in [-0.3, -0.25) is 9.80 Å². The van der Waals surface area contributed by atoms with Gasteiger partial charge in [0, 0.05) is 25.2 Å². The highest BCUT2D eigenvalue weighted by Gasteiger charge is 2.51. The Kier molecular flexibility index (Phi) is 6.41. The number of ether oxygens (including phenoxy) is 1. The van der Waals surface area contributed by atoms with E-state index in [1.807, 2.05) is 4.90 Å². The van der Waals surface area contributed by atoms with E-state index in [9.17, 15) is 4.79 Å². The van der Waals surface area contributed by atoms with Crippen molar-refractivity contribution in [3.8, 4) is 0 Å². The van der Waals surface area contributed by atoms with Crippen LogP contribution >= 0.6 is 0 Å². The molecule has 2 atom stereocenters. The maximum Gasteiger partial charge on any atom is 0.410 e. The van der Waals surface area contributed by atoms with Crippen LogP contribution in [-0.2, 0) is 10.3 Å². The molecule has 0 spiro atoms. The summed E-state index contributed by atoms with van der Waals surface area (Å²) in [7, 11) is 0. The molecule has 2 fully saturated rings. The molecule has 5 rings (SSSR count). The molecule has 2 heterocycles. The van der Waals surface area contributed by atoms with Crippen molar-refractivity contribution in [1.82, 2.24) is 9.80 Å². The highest BCUT2D eigenvalue weighted by Crippen LogP contribution is 2.46. The first-order chi connectivity index (χ1) is 16.9. The topological polar surface area (TPSA) is 32.8 Å². The van der Waals surface area contributed by atoms with Crippen LogP contribution in [0.4, 0.5) is 4.79 Å². The van der Waals surface area contributed by atoms with E-state index in [1.165, 1.54) is 16.7 Å². The number of benzene rings is 3. The number of rotatable bonds is 5. The van der Waals surface area contributed by atoms with E-state index >= 15 is 0 Å². The molecule has 2 unspecified atom stereocenters. The Morgan fingerprint density at radius 3 is 1.51 bits per heavy atom. The summed E-state index contributed by atoms with van der Waals surface area (Å²) in [5.41, 5.74) is 3.27. The first-order valence-electron chi connectivity index (χ1n) is 12.8. The smallest absolute Gasteiger partial charge is 0.410 e. The molecule has 2 aliphatic heterocycles. The molecule has 35 heavy (non-hydrogen) atoms. The third-order valence-electron chi connectivity index (χ3n) is 7.37. The predicted octanol–water partition coefficient (Wildman–Crippen LogP) is 6.31. The number of fused-ring (bicyclic) bond motifs is 2. The lowest BCUT2D eigenvalue weighted by Crippen LogP contribution is -2.62. The van der Waals surface area contributed by atoms with Gasteiger partial charge in [0.1, 0.15) is 0 Å². The molecule has 0 aliphatic carbocycles. The summed E-state index contributed by atoms with van der Waals surface area (Å²) in [4.78, 5) is 17.8. The first-order valence-corrected chi connectivity index (χ1v) is 12.8. The lowest BCUT2D eigenvalue weighted by Gasteiger charge is -2.51. The summed E-state index contributed by atoms with van der Waals surface area (Å²) in [6, 6.07) is 32.8. The van der Waals surface area contributed by atoms with E-state index in [0.29, 0.717) is 6.61 Å². The van der Waals surface area contributed by atoms with Crippen molar-refractivity contribution in [2.24, 2.45) is 5.41 Å². The molecule has 182 valence electrons. The van der Waals surface area contributed by atoms with Crippen molar-refractivity contribution < 1.29 is 9.53 Å². The summed E-state index contributed by atoms with van der Waals surface area (Å²) in [6.45, 7) is 8.34. The van der Waals surface area contributed by atoms with Crippen LogP contribution in [0.2, 0.25) is 0 Å². The highest BCUT2D eigenvalue weighted by molar-refractivity contribution is 5.69. The summed E-state index contributed by atoms with van der Waals surface area (Å²) in [5, 5.41) is 0. The van der Waals surface area contributed by atoms with E-state index in [0.717, 1.165) is 25.9 Å². The van der Waals surface area contributed by atoms with Crippen molar-refractivity contribution in [3.63, 3.8) is 0 Å². The lowest BCUT2D eigenvalue weighted by molar-refractivity contribution is 0.00656. The zero-order valence-corrected chi connectivity index (χ0v) is 21.1. The number of carbonyl (C=O) groups is 1. The van der Waals surface area contributed by atoms with E-state index in [2.05, 4.69) is 117 Å². The van der Waals surface area contributed by atoms with Gasteiger partial charge in [-0.2, -0.15) is 0 Å². The Morgan fingerprint density at radius 2 is 1.14 bits per heavy atom. The minimum absolute atomic E-state index is 0.0421. The van der Waals surface area contributed by atoms with Crippen LogP contribution < -0.4 is 0 Å². The maximum absolute atomic E-state index is 13.2. The summed E-state index contributed by atoms with van der Waals surface area (Å²) >= 11 is 0. The Balaban J connectivity index is 1.56. The second kappa shape index (κ2) is 9.50. The fourth-order valence-corrected chi connectivity index (χ4v) is 5.91. The van der Waals surface area contributed by atoms with Crippen LogP contribution in [0, 0.1) is 5.41 Å². The number of carbonyl (C=O) groups excluding carboxylic acids is 1. The van der Waals surface area contributed by atoms with Crippen molar-refractivity contribution in [3.05, 3.63) is 108 Å². The molecule has 0 radical (unpaired) electrons. The van der Waals surface area contributed by atoms with Crippen LogP contribution in [-0.4, -0.2) is 47.7 Å². The van der Waals surface area contributed by atoms with Gasteiger partial charge >= 0.3 is 6.09 Å². The van der Waals surface area contributed by atoms with Crippen LogP contribution in [0.5, 0.6) is 0 Å². The lowest BCUT2D eigenvalue weighted by atomic mass is 9.75. The Hall–Kier alpha value is -3.11. The van der Waals surface area contributed by atoms with Crippen molar-refractivity contribution >= 4 is 6.09 Å². The molecule has 3 aromatic carbocycles. The Bertz CT molecular complexity index is 1010.